The Labute approximate surface area is 159 Å². The molecule has 0 spiro atoms. The van der Waals surface area contributed by atoms with Gasteiger partial charge in [0, 0.05) is 17.7 Å². The monoisotopic (exact) mass is 355 g/mol. The number of rotatable bonds is 5. The Kier molecular flexibility index (Phi) is 4.15. The van der Waals surface area contributed by atoms with E-state index < -0.39 is 0 Å². The van der Waals surface area contributed by atoms with Crippen LogP contribution >= 0.6 is 0 Å². The zero-order valence-corrected chi connectivity index (χ0v) is 15.0. The van der Waals surface area contributed by atoms with Crippen LogP contribution in [0, 0.1) is 0 Å². The van der Waals surface area contributed by atoms with Gasteiger partial charge in [0.05, 0.1) is 5.70 Å². The molecule has 3 heteroatoms. The van der Waals surface area contributed by atoms with Gasteiger partial charge in [-0.25, -0.2) is 0 Å². The van der Waals surface area contributed by atoms with Crippen molar-refractivity contribution in [2.24, 2.45) is 0 Å². The molecule has 134 valence electrons. The number of epoxide rings is 1. The standard InChI is InChI=1S/C24H21NO2/c1-4-10-18(11-5-1)16-17-25-21(19-12-6-2-7-13-19)22(26-24-23(25)27-24)20-14-8-3-9-15-20/h1-15,23-24H,16-17H2. The normalized spacial score (nSPS) is 20.8. The van der Waals surface area contributed by atoms with Crippen LogP contribution in [0.1, 0.15) is 16.7 Å². The van der Waals surface area contributed by atoms with E-state index in [0.29, 0.717) is 0 Å². The third-order valence-electron chi connectivity index (χ3n) is 5.04. The Hall–Kier alpha value is -3.04. The van der Waals surface area contributed by atoms with Gasteiger partial charge < -0.3 is 14.4 Å². The lowest BCUT2D eigenvalue weighted by Gasteiger charge is -2.31. The maximum absolute atomic E-state index is 6.21. The minimum atomic E-state index is -0.177. The highest BCUT2D eigenvalue weighted by Gasteiger charge is 2.51. The largest absolute Gasteiger partial charge is 0.457 e. The Morgan fingerprint density at radius 3 is 1.96 bits per heavy atom. The highest BCUT2D eigenvalue weighted by molar-refractivity contribution is 5.87. The van der Waals surface area contributed by atoms with Crippen LogP contribution in [0.3, 0.4) is 0 Å². The van der Waals surface area contributed by atoms with Gasteiger partial charge in [-0.1, -0.05) is 91.0 Å². The highest BCUT2D eigenvalue weighted by Crippen LogP contribution is 2.45. The van der Waals surface area contributed by atoms with E-state index in [2.05, 4.69) is 71.6 Å². The van der Waals surface area contributed by atoms with Crippen molar-refractivity contribution >= 4 is 11.5 Å². The molecule has 2 heterocycles. The van der Waals surface area contributed by atoms with Crippen molar-refractivity contribution in [2.75, 3.05) is 6.54 Å². The summed E-state index contributed by atoms with van der Waals surface area (Å²) in [5, 5.41) is 0. The number of ether oxygens (including phenoxy) is 2. The van der Waals surface area contributed by atoms with Crippen molar-refractivity contribution < 1.29 is 9.47 Å². The smallest absolute Gasteiger partial charge is 0.247 e. The van der Waals surface area contributed by atoms with E-state index in [-0.39, 0.29) is 12.5 Å². The molecule has 3 aromatic rings. The Morgan fingerprint density at radius 2 is 1.30 bits per heavy atom. The first-order chi connectivity index (χ1) is 13.4. The van der Waals surface area contributed by atoms with Crippen LogP contribution in [-0.4, -0.2) is 24.0 Å². The third kappa shape index (κ3) is 3.22. The van der Waals surface area contributed by atoms with Crippen molar-refractivity contribution in [3.63, 3.8) is 0 Å². The summed E-state index contributed by atoms with van der Waals surface area (Å²) in [6.07, 6.45) is 0.783. The molecule has 1 fully saturated rings. The molecule has 0 radical (unpaired) electrons. The fourth-order valence-electron chi connectivity index (χ4n) is 3.65. The quantitative estimate of drug-likeness (QED) is 0.617. The lowest BCUT2D eigenvalue weighted by atomic mass is 10.0. The zero-order valence-electron chi connectivity index (χ0n) is 15.0. The van der Waals surface area contributed by atoms with E-state index in [4.69, 9.17) is 9.47 Å². The maximum atomic E-state index is 6.21. The summed E-state index contributed by atoms with van der Waals surface area (Å²) >= 11 is 0. The van der Waals surface area contributed by atoms with Gasteiger partial charge in [0.25, 0.3) is 0 Å². The summed E-state index contributed by atoms with van der Waals surface area (Å²) in [6, 6.07) is 31.4. The van der Waals surface area contributed by atoms with E-state index in [1.807, 2.05) is 24.3 Å². The maximum Gasteiger partial charge on any atom is 0.247 e. The van der Waals surface area contributed by atoms with Crippen LogP contribution in [0.4, 0.5) is 0 Å². The molecule has 0 N–H and O–H groups in total. The number of hydrogen-bond acceptors (Lipinski definition) is 3. The van der Waals surface area contributed by atoms with Gasteiger partial charge in [-0.2, -0.15) is 0 Å². The summed E-state index contributed by atoms with van der Waals surface area (Å²) in [4.78, 5) is 2.36. The molecule has 2 atom stereocenters. The molecule has 0 aliphatic carbocycles. The molecule has 5 rings (SSSR count). The van der Waals surface area contributed by atoms with Crippen molar-refractivity contribution in [1.29, 1.82) is 0 Å². The minimum absolute atomic E-state index is 0.00335. The molecule has 2 unspecified atom stereocenters. The third-order valence-corrected chi connectivity index (χ3v) is 5.04. The molecule has 1 saturated heterocycles. The lowest BCUT2D eigenvalue weighted by molar-refractivity contribution is 0.150. The van der Waals surface area contributed by atoms with Gasteiger partial charge >= 0.3 is 0 Å². The first-order valence-electron chi connectivity index (χ1n) is 9.38. The van der Waals surface area contributed by atoms with E-state index in [9.17, 15) is 0 Å². The molecule has 3 nitrogen and oxygen atoms in total. The molecule has 3 aromatic carbocycles. The molecule has 27 heavy (non-hydrogen) atoms. The van der Waals surface area contributed by atoms with E-state index >= 15 is 0 Å². The highest BCUT2D eigenvalue weighted by atomic mass is 16.8. The lowest BCUT2D eigenvalue weighted by Crippen LogP contribution is -2.33. The number of nitrogens with zero attached hydrogens (tertiary/aromatic N) is 1. The van der Waals surface area contributed by atoms with E-state index in [1.165, 1.54) is 5.56 Å². The van der Waals surface area contributed by atoms with Gasteiger partial charge in [-0.3, -0.25) is 0 Å². The van der Waals surface area contributed by atoms with Gasteiger partial charge in [0.15, 0.2) is 12.0 Å². The summed E-state index contributed by atoms with van der Waals surface area (Å²) in [7, 11) is 0. The van der Waals surface area contributed by atoms with Crippen molar-refractivity contribution in [3.8, 4) is 0 Å². The van der Waals surface area contributed by atoms with Crippen LogP contribution < -0.4 is 0 Å². The minimum Gasteiger partial charge on any atom is -0.457 e. The first-order valence-corrected chi connectivity index (χ1v) is 9.38. The van der Waals surface area contributed by atoms with Crippen molar-refractivity contribution in [1.82, 2.24) is 4.90 Å². The summed E-state index contributed by atoms with van der Waals surface area (Å²) in [5.41, 5.74) is 4.67. The predicted octanol–water partition coefficient (Wildman–Crippen LogP) is 4.77. The molecule has 2 aliphatic rings. The van der Waals surface area contributed by atoms with Crippen LogP contribution in [0.15, 0.2) is 91.0 Å². The Morgan fingerprint density at radius 1 is 0.704 bits per heavy atom. The molecule has 0 amide bonds. The zero-order chi connectivity index (χ0) is 18.1. The fourth-order valence-corrected chi connectivity index (χ4v) is 3.65. The summed E-state index contributed by atoms with van der Waals surface area (Å²) in [6.45, 7) is 0.884. The van der Waals surface area contributed by atoms with E-state index in [1.54, 1.807) is 0 Å². The molecule has 0 saturated carbocycles. The Balaban J connectivity index is 1.55. The van der Waals surface area contributed by atoms with Crippen LogP contribution in [0.2, 0.25) is 0 Å². The van der Waals surface area contributed by atoms with Gasteiger partial charge in [-0.05, 0) is 12.0 Å². The average molecular weight is 355 g/mol. The molecule has 0 aromatic heterocycles. The number of benzene rings is 3. The van der Waals surface area contributed by atoms with Crippen LogP contribution in [0.5, 0.6) is 0 Å². The summed E-state index contributed by atoms with van der Waals surface area (Å²) in [5.74, 6) is 0.897. The fraction of sp³-hybridized carbons (Fsp3) is 0.167. The van der Waals surface area contributed by atoms with Gasteiger partial charge in [-0.15, -0.1) is 0 Å². The Bertz CT molecular complexity index is 938. The second-order valence-corrected chi connectivity index (χ2v) is 6.85. The second kappa shape index (κ2) is 6.93. The summed E-state index contributed by atoms with van der Waals surface area (Å²) < 4.78 is 12.1. The molecule has 2 aliphatic heterocycles. The number of hydrogen-bond donors (Lipinski definition) is 0. The first kappa shape index (κ1) is 16.2. The van der Waals surface area contributed by atoms with Gasteiger partial charge in [0.2, 0.25) is 6.29 Å². The van der Waals surface area contributed by atoms with E-state index in [0.717, 1.165) is 35.5 Å². The molecular weight excluding hydrogens is 334 g/mol. The SMILES string of the molecule is c1ccc(CCN2C(c3ccccc3)=C(c3ccccc3)OC3OC32)cc1. The molecule has 0 bridgehead atoms. The average Bonchev–Trinajstić information content (AvgIpc) is 3.53. The second-order valence-electron chi connectivity index (χ2n) is 6.85. The van der Waals surface area contributed by atoms with Crippen LogP contribution in [-0.2, 0) is 15.9 Å². The van der Waals surface area contributed by atoms with Gasteiger partial charge in [0.1, 0.15) is 0 Å². The topological polar surface area (TPSA) is 25.0 Å². The molecular formula is C24H21NO2. The van der Waals surface area contributed by atoms with Crippen LogP contribution in [0.25, 0.3) is 11.5 Å². The van der Waals surface area contributed by atoms with Crippen molar-refractivity contribution in [2.45, 2.75) is 18.9 Å². The number of fused-ring (bicyclic) bond motifs is 1. The predicted molar refractivity (Wildman–Crippen MR) is 106 cm³/mol. The van der Waals surface area contributed by atoms with Crippen molar-refractivity contribution in [3.05, 3.63) is 108 Å².